The maximum absolute atomic E-state index is 11.6. The lowest BCUT2D eigenvalue weighted by atomic mass is 10.3. The van der Waals surface area contributed by atoms with Gasteiger partial charge in [0.05, 0.1) is 12.3 Å². The molecule has 2 N–H and O–H groups in total. The number of carbonyl (C=O) groups is 1. The minimum atomic E-state index is -3.23. The Kier molecular flexibility index (Phi) is 6.00. The third-order valence-corrected chi connectivity index (χ3v) is 4.65. The summed E-state index contributed by atoms with van der Waals surface area (Å²) in [6, 6.07) is 0. The van der Waals surface area contributed by atoms with E-state index in [0.717, 1.165) is 30.5 Å². The van der Waals surface area contributed by atoms with E-state index in [1.807, 2.05) is 4.90 Å². The van der Waals surface area contributed by atoms with Gasteiger partial charge < -0.3 is 10.6 Å². The lowest BCUT2D eigenvalue weighted by molar-refractivity contribution is -0.122. The summed E-state index contributed by atoms with van der Waals surface area (Å²) in [4.78, 5) is 13.6. The Morgan fingerprint density at radius 3 is 2.50 bits per heavy atom. The molecule has 7 nitrogen and oxygen atoms in total. The maximum Gasteiger partial charge on any atom is 0.234 e. The van der Waals surface area contributed by atoms with Gasteiger partial charge in [0, 0.05) is 46.8 Å². The largest absolute Gasteiger partial charge is 0.354 e. The zero-order valence-corrected chi connectivity index (χ0v) is 11.8. The molecular formula is C10H22N4O3S. The SMILES string of the molecule is CN(C)S(=O)(=O)CCNC(=O)CN1CCNCC1. The van der Waals surface area contributed by atoms with E-state index in [4.69, 9.17) is 0 Å². The fraction of sp³-hybridized carbons (Fsp3) is 0.900. The Bertz CT molecular complexity index is 363. The molecule has 1 aliphatic rings. The predicted molar refractivity (Wildman–Crippen MR) is 69.8 cm³/mol. The number of hydrogen-bond donors (Lipinski definition) is 2. The van der Waals surface area contributed by atoms with Crippen molar-refractivity contribution in [1.29, 1.82) is 0 Å². The predicted octanol–water partition coefficient (Wildman–Crippen LogP) is -2.10. The summed E-state index contributed by atoms with van der Waals surface area (Å²) in [6.07, 6.45) is 0. The van der Waals surface area contributed by atoms with Crippen LogP contribution in [0.15, 0.2) is 0 Å². The summed E-state index contributed by atoms with van der Waals surface area (Å²) in [7, 11) is -0.264. The fourth-order valence-electron chi connectivity index (χ4n) is 1.63. The molecule has 18 heavy (non-hydrogen) atoms. The number of amides is 1. The van der Waals surface area contributed by atoms with Gasteiger partial charge in [0.15, 0.2) is 0 Å². The second-order valence-electron chi connectivity index (χ2n) is 4.47. The van der Waals surface area contributed by atoms with E-state index in [-0.39, 0.29) is 18.2 Å². The lowest BCUT2D eigenvalue weighted by Gasteiger charge is -2.26. The third-order valence-electron chi connectivity index (χ3n) is 2.82. The summed E-state index contributed by atoms with van der Waals surface area (Å²) >= 11 is 0. The molecule has 1 fully saturated rings. The highest BCUT2D eigenvalue weighted by Crippen LogP contribution is 1.93. The second-order valence-corrected chi connectivity index (χ2v) is 6.78. The van der Waals surface area contributed by atoms with Crippen LogP contribution in [-0.4, -0.2) is 82.6 Å². The van der Waals surface area contributed by atoms with Gasteiger partial charge in [-0.3, -0.25) is 9.69 Å². The number of sulfonamides is 1. The molecule has 0 aromatic heterocycles. The molecule has 0 radical (unpaired) electrons. The second kappa shape index (κ2) is 7.03. The molecule has 1 saturated heterocycles. The minimum Gasteiger partial charge on any atom is -0.354 e. The van der Waals surface area contributed by atoms with Crippen LogP contribution in [-0.2, 0) is 14.8 Å². The van der Waals surface area contributed by atoms with E-state index in [0.29, 0.717) is 6.54 Å². The van der Waals surface area contributed by atoms with E-state index < -0.39 is 10.0 Å². The fourth-order valence-corrected chi connectivity index (χ4v) is 2.36. The van der Waals surface area contributed by atoms with Crippen molar-refractivity contribution in [3.8, 4) is 0 Å². The van der Waals surface area contributed by atoms with Gasteiger partial charge in [-0.2, -0.15) is 0 Å². The van der Waals surface area contributed by atoms with E-state index in [1.54, 1.807) is 0 Å². The first-order chi connectivity index (χ1) is 8.42. The lowest BCUT2D eigenvalue weighted by Crippen LogP contribution is -2.48. The molecule has 0 spiro atoms. The van der Waals surface area contributed by atoms with Crippen LogP contribution in [0.4, 0.5) is 0 Å². The molecule has 8 heteroatoms. The summed E-state index contributed by atoms with van der Waals surface area (Å²) in [5, 5.41) is 5.84. The van der Waals surface area contributed by atoms with E-state index in [2.05, 4.69) is 10.6 Å². The van der Waals surface area contributed by atoms with Crippen LogP contribution >= 0.6 is 0 Å². The van der Waals surface area contributed by atoms with Crippen molar-refractivity contribution < 1.29 is 13.2 Å². The van der Waals surface area contributed by atoms with Gasteiger partial charge in [0.1, 0.15) is 0 Å². The number of nitrogens with zero attached hydrogens (tertiary/aromatic N) is 2. The molecule has 1 rings (SSSR count). The van der Waals surface area contributed by atoms with Crippen molar-refractivity contribution in [3.05, 3.63) is 0 Å². The highest BCUT2D eigenvalue weighted by atomic mass is 32.2. The zero-order chi connectivity index (χ0) is 13.6. The van der Waals surface area contributed by atoms with Crippen molar-refractivity contribution in [1.82, 2.24) is 19.8 Å². The Labute approximate surface area is 109 Å². The molecule has 0 atom stereocenters. The molecule has 0 bridgehead atoms. The molecule has 0 saturated carbocycles. The van der Waals surface area contributed by atoms with Crippen LogP contribution in [0.2, 0.25) is 0 Å². The first-order valence-corrected chi connectivity index (χ1v) is 7.63. The van der Waals surface area contributed by atoms with Gasteiger partial charge in [-0.25, -0.2) is 12.7 Å². The van der Waals surface area contributed by atoms with Crippen molar-refractivity contribution >= 4 is 15.9 Å². The van der Waals surface area contributed by atoms with Crippen LogP contribution in [0, 0.1) is 0 Å². The maximum atomic E-state index is 11.6. The van der Waals surface area contributed by atoms with Crippen molar-refractivity contribution in [2.24, 2.45) is 0 Å². The zero-order valence-electron chi connectivity index (χ0n) is 11.0. The number of nitrogens with one attached hydrogen (secondary N) is 2. The van der Waals surface area contributed by atoms with Crippen LogP contribution in [0.5, 0.6) is 0 Å². The highest BCUT2D eigenvalue weighted by molar-refractivity contribution is 7.89. The standard InChI is InChI=1S/C10H22N4O3S/c1-13(2)18(16,17)8-5-12-10(15)9-14-6-3-11-4-7-14/h11H,3-9H2,1-2H3,(H,12,15). The van der Waals surface area contributed by atoms with Crippen LogP contribution in [0.25, 0.3) is 0 Å². The summed E-state index contributed by atoms with van der Waals surface area (Å²) in [5.41, 5.74) is 0. The molecule has 1 aliphatic heterocycles. The normalized spacial score (nSPS) is 17.9. The number of hydrogen-bond acceptors (Lipinski definition) is 5. The Hall–Kier alpha value is -0.700. The van der Waals surface area contributed by atoms with Crippen molar-refractivity contribution in [3.63, 3.8) is 0 Å². The average molecular weight is 278 g/mol. The number of rotatable bonds is 6. The van der Waals surface area contributed by atoms with E-state index in [1.165, 1.54) is 14.1 Å². The summed E-state index contributed by atoms with van der Waals surface area (Å²) < 4.78 is 24.1. The molecule has 0 aromatic carbocycles. The Morgan fingerprint density at radius 1 is 1.33 bits per heavy atom. The monoisotopic (exact) mass is 278 g/mol. The Morgan fingerprint density at radius 2 is 1.94 bits per heavy atom. The molecule has 106 valence electrons. The van der Waals surface area contributed by atoms with Gasteiger partial charge >= 0.3 is 0 Å². The smallest absolute Gasteiger partial charge is 0.234 e. The van der Waals surface area contributed by atoms with Crippen molar-refractivity contribution in [2.75, 3.05) is 59.1 Å². The average Bonchev–Trinajstić information content (AvgIpc) is 2.29. The molecule has 0 unspecified atom stereocenters. The van der Waals surface area contributed by atoms with Gasteiger partial charge in [-0.15, -0.1) is 0 Å². The van der Waals surface area contributed by atoms with E-state index >= 15 is 0 Å². The van der Waals surface area contributed by atoms with Gasteiger partial charge in [-0.05, 0) is 0 Å². The highest BCUT2D eigenvalue weighted by Gasteiger charge is 2.15. The molecule has 1 heterocycles. The number of piperazine rings is 1. The van der Waals surface area contributed by atoms with Crippen LogP contribution in [0.3, 0.4) is 0 Å². The topological polar surface area (TPSA) is 81.8 Å². The minimum absolute atomic E-state index is 0.0622. The molecule has 0 aromatic rings. The number of carbonyl (C=O) groups excluding carboxylic acids is 1. The summed E-state index contributed by atoms with van der Waals surface area (Å²) in [6.45, 7) is 3.98. The first kappa shape index (κ1) is 15.4. The summed E-state index contributed by atoms with van der Waals surface area (Å²) in [5.74, 6) is -0.182. The van der Waals surface area contributed by atoms with Gasteiger partial charge in [0.2, 0.25) is 15.9 Å². The Balaban J connectivity index is 2.21. The quantitative estimate of drug-likeness (QED) is 0.582. The molecular weight excluding hydrogens is 256 g/mol. The van der Waals surface area contributed by atoms with Gasteiger partial charge in [0.25, 0.3) is 0 Å². The van der Waals surface area contributed by atoms with Crippen LogP contribution in [0.1, 0.15) is 0 Å². The van der Waals surface area contributed by atoms with Crippen LogP contribution < -0.4 is 10.6 Å². The molecule has 1 amide bonds. The third kappa shape index (κ3) is 5.30. The first-order valence-electron chi connectivity index (χ1n) is 6.02. The van der Waals surface area contributed by atoms with Gasteiger partial charge in [-0.1, -0.05) is 0 Å². The van der Waals surface area contributed by atoms with Crippen molar-refractivity contribution in [2.45, 2.75) is 0 Å². The van der Waals surface area contributed by atoms with E-state index in [9.17, 15) is 13.2 Å². The molecule has 0 aliphatic carbocycles.